The normalized spacial score (nSPS) is 21.2. The van der Waals surface area contributed by atoms with Crippen LogP contribution in [0.25, 0.3) is 0 Å². The van der Waals surface area contributed by atoms with Gasteiger partial charge in [-0.1, -0.05) is 25.7 Å². The number of guanidine groups is 1. The van der Waals surface area contributed by atoms with Crippen LogP contribution in [0.5, 0.6) is 0 Å². The van der Waals surface area contributed by atoms with Gasteiger partial charge in [0.05, 0.1) is 18.8 Å². The van der Waals surface area contributed by atoms with Crippen molar-refractivity contribution in [1.82, 2.24) is 10.6 Å². The van der Waals surface area contributed by atoms with Gasteiger partial charge < -0.3 is 24.8 Å². The summed E-state index contributed by atoms with van der Waals surface area (Å²) in [6.07, 6.45) is 14.3. The Balaban J connectivity index is 0.00000392. The molecule has 0 aromatic heterocycles. The van der Waals surface area contributed by atoms with Gasteiger partial charge in [-0.25, -0.2) is 0 Å². The molecule has 0 amide bonds. The first-order valence-electron chi connectivity index (χ1n) is 11.1. The van der Waals surface area contributed by atoms with Gasteiger partial charge in [0.1, 0.15) is 0 Å². The fourth-order valence-electron chi connectivity index (χ4n) is 3.68. The molecule has 2 N–H and O–H groups in total. The van der Waals surface area contributed by atoms with Gasteiger partial charge in [-0.3, -0.25) is 4.99 Å². The van der Waals surface area contributed by atoms with E-state index in [4.69, 9.17) is 14.2 Å². The van der Waals surface area contributed by atoms with Crippen molar-refractivity contribution in [3.8, 4) is 0 Å². The van der Waals surface area contributed by atoms with Crippen LogP contribution in [0.4, 0.5) is 0 Å². The molecule has 0 aromatic carbocycles. The number of nitrogens with one attached hydrogen (secondary N) is 2. The predicted molar refractivity (Wildman–Crippen MR) is 126 cm³/mol. The lowest BCUT2D eigenvalue weighted by atomic mass is 10.1. The SMILES string of the molecule is CN=C(NCCCCOC1CCCCCC1)NCCCOCC1CCCO1.I. The lowest BCUT2D eigenvalue weighted by Crippen LogP contribution is -2.38. The summed E-state index contributed by atoms with van der Waals surface area (Å²) in [6, 6.07) is 0. The van der Waals surface area contributed by atoms with Crippen LogP contribution >= 0.6 is 24.0 Å². The van der Waals surface area contributed by atoms with E-state index in [2.05, 4.69) is 15.6 Å². The average Bonchev–Trinajstić information content (AvgIpc) is 3.07. The molecule has 2 aliphatic rings. The lowest BCUT2D eigenvalue weighted by Gasteiger charge is -2.15. The second-order valence-electron chi connectivity index (χ2n) is 7.68. The van der Waals surface area contributed by atoms with Gasteiger partial charge in [0.2, 0.25) is 0 Å². The van der Waals surface area contributed by atoms with Crippen molar-refractivity contribution in [2.45, 2.75) is 82.8 Å². The molecule has 1 unspecified atom stereocenters. The maximum atomic E-state index is 6.04. The van der Waals surface area contributed by atoms with Crippen molar-refractivity contribution in [2.75, 3.05) is 46.6 Å². The van der Waals surface area contributed by atoms with E-state index in [0.717, 1.165) is 71.2 Å². The average molecular weight is 511 g/mol. The molecule has 1 aliphatic heterocycles. The first kappa shape index (κ1) is 25.9. The monoisotopic (exact) mass is 511 g/mol. The van der Waals surface area contributed by atoms with Crippen LogP contribution in [0.1, 0.15) is 70.6 Å². The van der Waals surface area contributed by atoms with Crippen molar-refractivity contribution in [1.29, 1.82) is 0 Å². The Hall–Kier alpha value is -0.120. The summed E-state index contributed by atoms with van der Waals surface area (Å²) >= 11 is 0. The van der Waals surface area contributed by atoms with E-state index < -0.39 is 0 Å². The summed E-state index contributed by atoms with van der Waals surface area (Å²) in [7, 11) is 1.82. The van der Waals surface area contributed by atoms with Gasteiger partial charge in [0, 0.05) is 40.0 Å². The Labute approximate surface area is 189 Å². The largest absolute Gasteiger partial charge is 0.379 e. The molecule has 1 heterocycles. The van der Waals surface area contributed by atoms with Crippen LogP contribution in [-0.2, 0) is 14.2 Å². The number of unbranched alkanes of at least 4 members (excludes halogenated alkanes) is 1. The second kappa shape index (κ2) is 17.7. The maximum absolute atomic E-state index is 6.04. The number of hydrogen-bond donors (Lipinski definition) is 2. The molecule has 0 bridgehead atoms. The molecule has 0 aromatic rings. The third-order valence-electron chi connectivity index (χ3n) is 5.33. The van der Waals surface area contributed by atoms with Crippen molar-refractivity contribution in [3.63, 3.8) is 0 Å². The zero-order chi connectivity index (χ0) is 19.0. The van der Waals surface area contributed by atoms with Crippen molar-refractivity contribution >= 4 is 29.9 Å². The molecule has 1 saturated heterocycles. The van der Waals surface area contributed by atoms with E-state index in [1.54, 1.807) is 0 Å². The van der Waals surface area contributed by atoms with E-state index in [-0.39, 0.29) is 24.0 Å². The van der Waals surface area contributed by atoms with E-state index >= 15 is 0 Å². The second-order valence-corrected chi connectivity index (χ2v) is 7.68. The van der Waals surface area contributed by atoms with E-state index in [9.17, 15) is 0 Å². The number of hydrogen-bond acceptors (Lipinski definition) is 4. The fraction of sp³-hybridized carbons (Fsp3) is 0.952. The summed E-state index contributed by atoms with van der Waals surface area (Å²) in [5.41, 5.74) is 0. The van der Waals surface area contributed by atoms with Gasteiger partial charge in [0.25, 0.3) is 0 Å². The van der Waals surface area contributed by atoms with Crippen LogP contribution in [-0.4, -0.2) is 64.7 Å². The van der Waals surface area contributed by atoms with Gasteiger partial charge in [0.15, 0.2) is 5.96 Å². The molecule has 6 nitrogen and oxygen atoms in total. The van der Waals surface area contributed by atoms with E-state index in [1.807, 2.05) is 7.05 Å². The molecular formula is C21H42IN3O3. The standard InChI is InChI=1S/C21H41N3O3.HI/c1-22-21(24-14-9-15-25-18-20-12-8-17-27-20)23-13-6-7-16-26-19-10-4-2-3-5-11-19;/h19-20H,2-18H2,1H3,(H2,22,23,24);1H. The molecule has 0 radical (unpaired) electrons. The summed E-state index contributed by atoms with van der Waals surface area (Å²) in [4.78, 5) is 4.27. The summed E-state index contributed by atoms with van der Waals surface area (Å²) in [5.74, 6) is 0.874. The highest BCUT2D eigenvalue weighted by molar-refractivity contribution is 14.0. The molecule has 1 saturated carbocycles. The molecular weight excluding hydrogens is 469 g/mol. The van der Waals surface area contributed by atoms with Gasteiger partial charge in [-0.05, 0) is 44.9 Å². The Morgan fingerprint density at radius 2 is 1.68 bits per heavy atom. The highest BCUT2D eigenvalue weighted by Crippen LogP contribution is 2.19. The van der Waals surface area contributed by atoms with Gasteiger partial charge in [-0.2, -0.15) is 0 Å². The van der Waals surface area contributed by atoms with Crippen LogP contribution in [0.15, 0.2) is 4.99 Å². The third kappa shape index (κ3) is 12.4. The highest BCUT2D eigenvalue weighted by atomic mass is 127. The molecule has 1 aliphatic carbocycles. The summed E-state index contributed by atoms with van der Waals surface area (Å²) in [6.45, 7) is 5.09. The zero-order valence-electron chi connectivity index (χ0n) is 17.8. The Bertz CT molecular complexity index is 385. The number of aliphatic imine (C=N–C) groups is 1. The zero-order valence-corrected chi connectivity index (χ0v) is 20.1. The van der Waals surface area contributed by atoms with Crippen molar-refractivity contribution < 1.29 is 14.2 Å². The first-order chi connectivity index (χ1) is 13.4. The minimum atomic E-state index is 0. The Morgan fingerprint density at radius 1 is 0.929 bits per heavy atom. The Kier molecular flexibility index (Phi) is 16.4. The Morgan fingerprint density at radius 3 is 2.36 bits per heavy atom. The molecule has 0 spiro atoms. The van der Waals surface area contributed by atoms with E-state index in [1.165, 1.54) is 44.9 Å². The number of nitrogens with zero attached hydrogens (tertiary/aromatic N) is 1. The van der Waals surface area contributed by atoms with Gasteiger partial charge in [-0.15, -0.1) is 24.0 Å². The van der Waals surface area contributed by atoms with Crippen molar-refractivity contribution in [3.05, 3.63) is 0 Å². The van der Waals surface area contributed by atoms with Crippen LogP contribution < -0.4 is 10.6 Å². The quantitative estimate of drug-likeness (QED) is 0.137. The third-order valence-corrected chi connectivity index (χ3v) is 5.33. The molecule has 1 atom stereocenters. The smallest absolute Gasteiger partial charge is 0.190 e. The predicted octanol–water partition coefficient (Wildman–Crippen LogP) is 3.87. The highest BCUT2D eigenvalue weighted by Gasteiger charge is 2.15. The fourth-order valence-corrected chi connectivity index (χ4v) is 3.68. The molecule has 2 fully saturated rings. The van der Waals surface area contributed by atoms with Crippen LogP contribution in [0.2, 0.25) is 0 Å². The number of halogens is 1. The summed E-state index contributed by atoms with van der Waals surface area (Å²) < 4.78 is 17.3. The lowest BCUT2D eigenvalue weighted by molar-refractivity contribution is 0.0168. The van der Waals surface area contributed by atoms with E-state index in [0.29, 0.717) is 12.2 Å². The van der Waals surface area contributed by atoms with Crippen molar-refractivity contribution in [2.24, 2.45) is 4.99 Å². The molecule has 2 rings (SSSR count). The maximum Gasteiger partial charge on any atom is 0.190 e. The van der Waals surface area contributed by atoms with Crippen LogP contribution in [0.3, 0.4) is 0 Å². The topological polar surface area (TPSA) is 64.1 Å². The molecule has 166 valence electrons. The number of ether oxygens (including phenoxy) is 3. The first-order valence-corrected chi connectivity index (χ1v) is 11.1. The minimum absolute atomic E-state index is 0. The summed E-state index contributed by atoms with van der Waals surface area (Å²) in [5, 5.41) is 6.72. The molecule has 7 heteroatoms. The molecule has 28 heavy (non-hydrogen) atoms. The minimum Gasteiger partial charge on any atom is -0.379 e. The number of rotatable bonds is 12. The van der Waals surface area contributed by atoms with Gasteiger partial charge >= 0.3 is 0 Å². The van der Waals surface area contributed by atoms with Crippen LogP contribution in [0, 0.1) is 0 Å².